The number of nitrogens with zero attached hydrogens (tertiary/aromatic N) is 2. The fourth-order valence-corrected chi connectivity index (χ4v) is 1.57. The first-order valence-corrected chi connectivity index (χ1v) is 5.62. The molecule has 7 heteroatoms. The first-order valence-electron chi connectivity index (χ1n) is 5.62. The largest absolute Gasteiger partial charge is 0.465 e. The molecule has 1 rings (SSSR count). The normalized spacial score (nSPS) is 11.8. The Labute approximate surface area is 110 Å². The summed E-state index contributed by atoms with van der Waals surface area (Å²) in [6, 6.07) is 3.66. The molecule has 7 nitrogen and oxygen atoms in total. The zero-order valence-electron chi connectivity index (χ0n) is 11.0. The van der Waals surface area contributed by atoms with Crippen LogP contribution in [0.3, 0.4) is 0 Å². The molecule has 0 saturated heterocycles. The van der Waals surface area contributed by atoms with Crippen LogP contribution < -0.4 is 4.90 Å². The van der Waals surface area contributed by atoms with Crippen molar-refractivity contribution in [1.29, 1.82) is 0 Å². The van der Waals surface area contributed by atoms with Gasteiger partial charge in [0.25, 0.3) is 5.69 Å². The molecule has 1 aromatic carbocycles. The topological polar surface area (TPSA) is 92.9 Å². The van der Waals surface area contributed by atoms with Crippen LogP contribution in [0, 0.1) is 10.1 Å². The Kier molecular flexibility index (Phi) is 4.82. The lowest BCUT2D eigenvalue weighted by Gasteiger charge is -2.25. The number of aliphatic hydroxyl groups excluding tert-OH is 1. The van der Waals surface area contributed by atoms with Crippen LogP contribution >= 0.6 is 0 Å². The number of esters is 1. The summed E-state index contributed by atoms with van der Waals surface area (Å²) >= 11 is 0. The quantitative estimate of drug-likeness (QED) is 0.490. The molecule has 1 unspecified atom stereocenters. The SMILES string of the molecule is COC(=O)c1ccc([N+](=O)[O-])c(N(C)C(C)CO)c1. The van der Waals surface area contributed by atoms with Gasteiger partial charge in [0.15, 0.2) is 0 Å². The fraction of sp³-hybridized carbons (Fsp3) is 0.417. The third-order valence-corrected chi connectivity index (χ3v) is 2.90. The van der Waals surface area contributed by atoms with E-state index in [0.29, 0.717) is 0 Å². The highest BCUT2D eigenvalue weighted by atomic mass is 16.6. The zero-order valence-corrected chi connectivity index (χ0v) is 11.0. The summed E-state index contributed by atoms with van der Waals surface area (Å²) in [6.07, 6.45) is 0. The summed E-state index contributed by atoms with van der Waals surface area (Å²) in [5.74, 6) is -0.568. The third-order valence-electron chi connectivity index (χ3n) is 2.90. The van der Waals surface area contributed by atoms with Crippen molar-refractivity contribution in [3.8, 4) is 0 Å². The van der Waals surface area contributed by atoms with E-state index < -0.39 is 10.9 Å². The number of methoxy groups -OCH3 is 1. The number of aliphatic hydroxyl groups is 1. The molecule has 1 aromatic rings. The number of anilines is 1. The molecule has 0 spiro atoms. The van der Waals surface area contributed by atoms with Crippen molar-refractivity contribution < 1.29 is 19.6 Å². The number of hydrogen-bond acceptors (Lipinski definition) is 6. The molecular formula is C12H16N2O5. The van der Waals surface area contributed by atoms with Gasteiger partial charge in [-0.25, -0.2) is 4.79 Å². The Balaban J connectivity index is 3.30. The highest BCUT2D eigenvalue weighted by molar-refractivity contribution is 5.91. The second kappa shape index (κ2) is 6.14. The number of ether oxygens (including phenoxy) is 1. The van der Waals surface area contributed by atoms with Gasteiger partial charge in [-0.05, 0) is 19.1 Å². The van der Waals surface area contributed by atoms with Gasteiger partial charge in [0.1, 0.15) is 5.69 Å². The molecule has 19 heavy (non-hydrogen) atoms. The lowest BCUT2D eigenvalue weighted by Crippen LogP contribution is -2.32. The Morgan fingerprint density at radius 1 is 1.58 bits per heavy atom. The summed E-state index contributed by atoms with van der Waals surface area (Å²) in [7, 11) is 2.85. The second-order valence-electron chi connectivity index (χ2n) is 4.09. The number of nitro groups is 1. The maximum absolute atomic E-state index is 11.4. The smallest absolute Gasteiger partial charge is 0.337 e. The van der Waals surface area contributed by atoms with Crippen LogP contribution in [0.2, 0.25) is 0 Å². The first-order chi connectivity index (χ1) is 8.92. The van der Waals surface area contributed by atoms with Gasteiger partial charge in [-0.2, -0.15) is 0 Å². The third kappa shape index (κ3) is 3.19. The Hall–Kier alpha value is -2.15. The van der Waals surface area contributed by atoms with Gasteiger partial charge in [0.05, 0.1) is 24.2 Å². The van der Waals surface area contributed by atoms with E-state index in [4.69, 9.17) is 5.11 Å². The van der Waals surface area contributed by atoms with Gasteiger partial charge < -0.3 is 14.7 Å². The molecule has 1 atom stereocenters. The highest BCUT2D eigenvalue weighted by Crippen LogP contribution is 2.29. The number of benzene rings is 1. The lowest BCUT2D eigenvalue weighted by molar-refractivity contribution is -0.384. The minimum absolute atomic E-state index is 0.129. The van der Waals surface area contributed by atoms with Crippen LogP contribution in [0.15, 0.2) is 18.2 Å². The fourth-order valence-electron chi connectivity index (χ4n) is 1.57. The first kappa shape index (κ1) is 14.9. The Morgan fingerprint density at radius 2 is 2.21 bits per heavy atom. The van der Waals surface area contributed by atoms with Gasteiger partial charge in [-0.15, -0.1) is 0 Å². The van der Waals surface area contributed by atoms with Crippen molar-refractivity contribution >= 4 is 17.3 Å². The van der Waals surface area contributed by atoms with Gasteiger partial charge in [0, 0.05) is 19.2 Å². The Morgan fingerprint density at radius 3 is 2.68 bits per heavy atom. The van der Waals surface area contributed by atoms with Crippen molar-refractivity contribution in [1.82, 2.24) is 0 Å². The van der Waals surface area contributed by atoms with E-state index in [-0.39, 0.29) is 29.6 Å². The van der Waals surface area contributed by atoms with Gasteiger partial charge in [-0.1, -0.05) is 0 Å². The molecule has 1 N–H and O–H groups in total. The van der Waals surface area contributed by atoms with Crippen LogP contribution in [-0.2, 0) is 4.74 Å². The van der Waals surface area contributed by atoms with Crippen LogP contribution in [0.1, 0.15) is 17.3 Å². The summed E-state index contributed by atoms with van der Waals surface area (Å²) in [6.45, 7) is 1.56. The summed E-state index contributed by atoms with van der Waals surface area (Å²) in [5, 5.41) is 20.1. The monoisotopic (exact) mass is 268 g/mol. The molecule has 104 valence electrons. The van der Waals surface area contributed by atoms with E-state index in [2.05, 4.69) is 4.74 Å². The highest BCUT2D eigenvalue weighted by Gasteiger charge is 2.22. The molecule has 0 aliphatic carbocycles. The van der Waals surface area contributed by atoms with E-state index in [1.54, 1.807) is 18.9 Å². The minimum Gasteiger partial charge on any atom is -0.465 e. The standard InChI is InChI=1S/C12H16N2O5/c1-8(7-15)13(2)11-6-9(12(16)19-3)4-5-10(11)14(17)18/h4-6,8,15H,7H2,1-3H3. The van der Waals surface area contributed by atoms with E-state index >= 15 is 0 Å². The summed E-state index contributed by atoms with van der Waals surface area (Å²) in [4.78, 5) is 23.5. The van der Waals surface area contributed by atoms with Crippen molar-refractivity contribution in [3.63, 3.8) is 0 Å². The molecule has 0 aliphatic heterocycles. The zero-order chi connectivity index (χ0) is 14.6. The van der Waals surface area contributed by atoms with E-state index in [0.717, 1.165) is 0 Å². The number of likely N-dealkylation sites (N-methyl/N-ethyl adjacent to an activating group) is 1. The van der Waals surface area contributed by atoms with E-state index in [1.807, 2.05) is 0 Å². The molecule has 0 fully saturated rings. The predicted molar refractivity (Wildman–Crippen MR) is 69.4 cm³/mol. The molecule has 0 saturated carbocycles. The molecule has 0 heterocycles. The summed E-state index contributed by atoms with van der Waals surface area (Å²) < 4.78 is 4.58. The number of carbonyl (C=O) groups excluding carboxylic acids is 1. The van der Waals surface area contributed by atoms with Crippen molar-refractivity contribution in [3.05, 3.63) is 33.9 Å². The van der Waals surface area contributed by atoms with Gasteiger partial charge in [-0.3, -0.25) is 10.1 Å². The van der Waals surface area contributed by atoms with Crippen molar-refractivity contribution in [2.75, 3.05) is 25.7 Å². The van der Waals surface area contributed by atoms with Gasteiger partial charge >= 0.3 is 5.97 Å². The summed E-state index contributed by atoms with van der Waals surface area (Å²) in [5.41, 5.74) is 0.352. The molecule has 0 bridgehead atoms. The maximum atomic E-state index is 11.4. The van der Waals surface area contributed by atoms with Crippen molar-refractivity contribution in [2.24, 2.45) is 0 Å². The van der Waals surface area contributed by atoms with Crippen molar-refractivity contribution in [2.45, 2.75) is 13.0 Å². The second-order valence-corrected chi connectivity index (χ2v) is 4.09. The average Bonchev–Trinajstić information content (AvgIpc) is 2.43. The van der Waals surface area contributed by atoms with Crippen LogP contribution in [0.4, 0.5) is 11.4 Å². The lowest BCUT2D eigenvalue weighted by atomic mass is 10.1. The number of nitro benzene ring substituents is 1. The number of rotatable bonds is 5. The molecule has 0 aliphatic rings. The van der Waals surface area contributed by atoms with Crippen LogP contribution in [-0.4, -0.2) is 42.8 Å². The Bertz CT molecular complexity index is 489. The molecule has 0 radical (unpaired) electrons. The maximum Gasteiger partial charge on any atom is 0.337 e. The molecule has 0 aromatic heterocycles. The number of hydrogen-bond donors (Lipinski definition) is 1. The van der Waals surface area contributed by atoms with E-state index in [9.17, 15) is 14.9 Å². The van der Waals surface area contributed by atoms with E-state index in [1.165, 1.54) is 25.3 Å². The number of carbonyl (C=O) groups is 1. The van der Waals surface area contributed by atoms with Crippen LogP contribution in [0.25, 0.3) is 0 Å². The molecular weight excluding hydrogens is 252 g/mol. The van der Waals surface area contributed by atoms with Crippen LogP contribution in [0.5, 0.6) is 0 Å². The molecule has 0 amide bonds. The predicted octanol–water partition coefficient (Wildman–Crippen LogP) is 1.20. The van der Waals surface area contributed by atoms with Gasteiger partial charge in [0.2, 0.25) is 0 Å². The average molecular weight is 268 g/mol. The minimum atomic E-state index is -0.568.